The second-order valence-corrected chi connectivity index (χ2v) is 4.73. The highest BCUT2D eigenvalue weighted by Gasteiger charge is 2.38. The van der Waals surface area contributed by atoms with Gasteiger partial charge in [0.15, 0.2) is 0 Å². The first kappa shape index (κ1) is 10.0. The summed E-state index contributed by atoms with van der Waals surface area (Å²) in [4.78, 5) is 0. The van der Waals surface area contributed by atoms with Crippen molar-refractivity contribution in [1.29, 1.82) is 0 Å². The van der Waals surface area contributed by atoms with E-state index in [0.29, 0.717) is 6.04 Å². The SMILES string of the molecule is CC1NCCC1(C)c1ccccc1Cl. The monoisotopic (exact) mass is 209 g/mol. The minimum absolute atomic E-state index is 0.193. The van der Waals surface area contributed by atoms with E-state index in [9.17, 15) is 0 Å². The van der Waals surface area contributed by atoms with Crippen molar-refractivity contribution in [1.82, 2.24) is 5.32 Å². The highest BCUT2D eigenvalue weighted by Crippen LogP contribution is 2.38. The van der Waals surface area contributed by atoms with E-state index in [1.807, 2.05) is 12.1 Å². The summed E-state index contributed by atoms with van der Waals surface area (Å²) in [6, 6.07) is 8.68. The van der Waals surface area contributed by atoms with Gasteiger partial charge in [-0.25, -0.2) is 0 Å². The first-order chi connectivity index (χ1) is 6.64. The van der Waals surface area contributed by atoms with E-state index in [2.05, 4.69) is 31.3 Å². The lowest BCUT2D eigenvalue weighted by Crippen LogP contribution is -2.35. The largest absolute Gasteiger partial charge is 0.313 e. The Morgan fingerprint density at radius 2 is 2.14 bits per heavy atom. The van der Waals surface area contributed by atoms with Gasteiger partial charge in [0, 0.05) is 16.5 Å². The second-order valence-electron chi connectivity index (χ2n) is 4.32. The quantitative estimate of drug-likeness (QED) is 0.750. The van der Waals surface area contributed by atoms with Gasteiger partial charge in [-0.15, -0.1) is 0 Å². The summed E-state index contributed by atoms with van der Waals surface area (Å²) in [6.07, 6.45) is 1.16. The highest BCUT2D eigenvalue weighted by molar-refractivity contribution is 6.31. The Kier molecular flexibility index (Phi) is 2.54. The van der Waals surface area contributed by atoms with Gasteiger partial charge < -0.3 is 5.32 Å². The molecule has 1 aromatic rings. The van der Waals surface area contributed by atoms with Crippen LogP contribution in [0.1, 0.15) is 25.8 Å². The minimum Gasteiger partial charge on any atom is -0.313 e. The summed E-state index contributed by atoms with van der Waals surface area (Å²) >= 11 is 6.23. The van der Waals surface area contributed by atoms with Crippen LogP contribution in [0.25, 0.3) is 0 Å². The number of nitrogens with one attached hydrogen (secondary N) is 1. The molecule has 1 aromatic carbocycles. The van der Waals surface area contributed by atoms with Gasteiger partial charge in [-0.05, 0) is 31.5 Å². The number of benzene rings is 1. The van der Waals surface area contributed by atoms with Crippen LogP contribution in [0.2, 0.25) is 5.02 Å². The first-order valence-electron chi connectivity index (χ1n) is 5.13. The Morgan fingerprint density at radius 1 is 1.43 bits per heavy atom. The Hall–Kier alpha value is -0.530. The molecule has 0 spiro atoms. The third-order valence-corrected chi connectivity index (χ3v) is 3.87. The van der Waals surface area contributed by atoms with E-state index in [4.69, 9.17) is 11.6 Å². The Morgan fingerprint density at radius 3 is 2.71 bits per heavy atom. The number of hydrogen-bond donors (Lipinski definition) is 1. The number of rotatable bonds is 1. The average Bonchev–Trinajstić information content (AvgIpc) is 2.49. The van der Waals surface area contributed by atoms with Gasteiger partial charge in [0.05, 0.1) is 0 Å². The van der Waals surface area contributed by atoms with Gasteiger partial charge in [0.2, 0.25) is 0 Å². The van der Waals surface area contributed by atoms with Crippen LogP contribution in [0.15, 0.2) is 24.3 Å². The Labute approximate surface area is 90.5 Å². The molecule has 0 aromatic heterocycles. The molecule has 14 heavy (non-hydrogen) atoms. The van der Waals surface area contributed by atoms with E-state index in [0.717, 1.165) is 18.0 Å². The van der Waals surface area contributed by atoms with E-state index in [1.54, 1.807) is 0 Å². The van der Waals surface area contributed by atoms with E-state index < -0.39 is 0 Å². The molecule has 1 aliphatic rings. The molecule has 2 unspecified atom stereocenters. The third kappa shape index (κ3) is 1.45. The predicted molar refractivity (Wildman–Crippen MR) is 60.9 cm³/mol. The zero-order chi connectivity index (χ0) is 10.2. The van der Waals surface area contributed by atoms with Gasteiger partial charge in [-0.3, -0.25) is 0 Å². The molecule has 1 saturated heterocycles. The molecular formula is C12H16ClN. The summed E-state index contributed by atoms with van der Waals surface area (Å²) in [6.45, 7) is 5.61. The summed E-state index contributed by atoms with van der Waals surface area (Å²) in [5.41, 5.74) is 1.47. The molecular weight excluding hydrogens is 194 g/mol. The van der Waals surface area contributed by atoms with Crippen LogP contribution in [0, 0.1) is 0 Å². The molecule has 2 heteroatoms. The molecule has 0 bridgehead atoms. The van der Waals surface area contributed by atoms with Crippen LogP contribution in [-0.2, 0) is 5.41 Å². The fourth-order valence-corrected chi connectivity index (χ4v) is 2.63. The van der Waals surface area contributed by atoms with E-state index in [1.165, 1.54) is 5.56 Å². The van der Waals surface area contributed by atoms with Crippen molar-refractivity contribution in [2.24, 2.45) is 0 Å². The van der Waals surface area contributed by atoms with Gasteiger partial charge in [0.25, 0.3) is 0 Å². The maximum atomic E-state index is 6.23. The van der Waals surface area contributed by atoms with Crippen molar-refractivity contribution in [3.8, 4) is 0 Å². The number of halogens is 1. The molecule has 1 fully saturated rings. The molecule has 0 amide bonds. The topological polar surface area (TPSA) is 12.0 Å². The van der Waals surface area contributed by atoms with Crippen LogP contribution >= 0.6 is 11.6 Å². The van der Waals surface area contributed by atoms with E-state index >= 15 is 0 Å². The standard InChI is InChI=1S/C12H16ClN/c1-9-12(2,7-8-14-9)10-5-3-4-6-11(10)13/h3-6,9,14H,7-8H2,1-2H3. The summed E-state index contributed by atoms with van der Waals surface area (Å²) in [5, 5.41) is 4.37. The highest BCUT2D eigenvalue weighted by atomic mass is 35.5. The van der Waals surface area contributed by atoms with E-state index in [-0.39, 0.29) is 5.41 Å². The Balaban J connectivity index is 2.43. The van der Waals surface area contributed by atoms with Crippen LogP contribution in [0.3, 0.4) is 0 Å². The van der Waals surface area contributed by atoms with Crippen LogP contribution in [-0.4, -0.2) is 12.6 Å². The average molecular weight is 210 g/mol. The summed E-state index contributed by atoms with van der Waals surface area (Å²) < 4.78 is 0. The molecule has 2 atom stereocenters. The molecule has 1 aliphatic heterocycles. The van der Waals surface area contributed by atoms with Gasteiger partial charge in [0.1, 0.15) is 0 Å². The van der Waals surface area contributed by atoms with Crippen molar-refractivity contribution in [2.45, 2.75) is 31.7 Å². The lowest BCUT2D eigenvalue weighted by atomic mass is 9.77. The van der Waals surface area contributed by atoms with Gasteiger partial charge in [-0.1, -0.05) is 36.7 Å². The Bertz CT molecular complexity index is 337. The van der Waals surface area contributed by atoms with Crippen molar-refractivity contribution < 1.29 is 0 Å². The summed E-state index contributed by atoms with van der Waals surface area (Å²) in [7, 11) is 0. The molecule has 1 heterocycles. The van der Waals surface area contributed by atoms with Gasteiger partial charge >= 0.3 is 0 Å². The smallest absolute Gasteiger partial charge is 0.0444 e. The fourth-order valence-electron chi connectivity index (χ4n) is 2.28. The molecule has 1 nitrogen and oxygen atoms in total. The lowest BCUT2D eigenvalue weighted by molar-refractivity contribution is 0.427. The zero-order valence-electron chi connectivity index (χ0n) is 8.68. The first-order valence-corrected chi connectivity index (χ1v) is 5.51. The van der Waals surface area contributed by atoms with Crippen molar-refractivity contribution in [3.63, 3.8) is 0 Å². The molecule has 0 radical (unpaired) electrons. The predicted octanol–water partition coefficient (Wildman–Crippen LogP) is 2.98. The zero-order valence-corrected chi connectivity index (χ0v) is 9.43. The van der Waals surface area contributed by atoms with Crippen molar-refractivity contribution in [2.75, 3.05) is 6.54 Å². The molecule has 0 aliphatic carbocycles. The van der Waals surface area contributed by atoms with Crippen LogP contribution in [0.4, 0.5) is 0 Å². The summed E-state index contributed by atoms with van der Waals surface area (Å²) in [5.74, 6) is 0. The normalized spacial score (nSPS) is 32.1. The fraction of sp³-hybridized carbons (Fsp3) is 0.500. The lowest BCUT2D eigenvalue weighted by Gasteiger charge is -2.30. The maximum Gasteiger partial charge on any atom is 0.0444 e. The van der Waals surface area contributed by atoms with Crippen LogP contribution < -0.4 is 5.32 Å². The van der Waals surface area contributed by atoms with Crippen molar-refractivity contribution >= 4 is 11.6 Å². The van der Waals surface area contributed by atoms with Crippen LogP contribution in [0.5, 0.6) is 0 Å². The number of hydrogen-bond acceptors (Lipinski definition) is 1. The van der Waals surface area contributed by atoms with Gasteiger partial charge in [-0.2, -0.15) is 0 Å². The van der Waals surface area contributed by atoms with Crippen molar-refractivity contribution in [3.05, 3.63) is 34.9 Å². The maximum absolute atomic E-state index is 6.23. The second kappa shape index (κ2) is 3.56. The molecule has 0 saturated carbocycles. The molecule has 76 valence electrons. The molecule has 1 N–H and O–H groups in total. The molecule has 2 rings (SSSR count). The minimum atomic E-state index is 0.193. The third-order valence-electron chi connectivity index (χ3n) is 3.54.